The van der Waals surface area contributed by atoms with E-state index < -0.39 is 0 Å². The topological polar surface area (TPSA) is 112 Å². The molecule has 1 aliphatic rings. The molecule has 176 valence electrons. The number of hydrogen-bond donors (Lipinski definition) is 3. The molecule has 0 radical (unpaired) electrons. The van der Waals surface area contributed by atoms with Crippen LogP contribution >= 0.6 is 0 Å². The van der Waals surface area contributed by atoms with Gasteiger partial charge in [0, 0.05) is 38.2 Å². The molecule has 3 rings (SSSR count). The first-order chi connectivity index (χ1) is 15.7. The highest BCUT2D eigenvalue weighted by atomic mass is 16.2. The first-order valence-corrected chi connectivity index (χ1v) is 11.4. The van der Waals surface area contributed by atoms with Crippen molar-refractivity contribution >= 4 is 29.2 Å². The fourth-order valence-electron chi connectivity index (χ4n) is 3.81. The van der Waals surface area contributed by atoms with E-state index >= 15 is 0 Å². The van der Waals surface area contributed by atoms with E-state index in [-0.39, 0.29) is 17.8 Å². The van der Waals surface area contributed by atoms with Gasteiger partial charge in [-0.1, -0.05) is 13.0 Å². The molecule has 2 aromatic rings. The van der Waals surface area contributed by atoms with Gasteiger partial charge < -0.3 is 15.1 Å². The fraction of sp³-hybridized carbons (Fsp3) is 0.458. The number of aromatic nitrogens is 2. The number of nitrogens with zero attached hydrogens (tertiary/aromatic N) is 5. The Labute approximate surface area is 195 Å². The van der Waals surface area contributed by atoms with E-state index in [1.165, 1.54) is 0 Å². The summed E-state index contributed by atoms with van der Waals surface area (Å²) in [4.78, 5) is 28.2. The zero-order valence-electron chi connectivity index (χ0n) is 20.4. The number of anilines is 2. The largest absolute Gasteiger partial charge is 0.357 e. The number of carbonyl (C=O) groups excluding carboxylic acids is 1. The average Bonchev–Trinajstić information content (AvgIpc) is 3.15. The molecular formula is C24H34N8O. The molecule has 0 unspecified atom stereocenters. The maximum Gasteiger partial charge on any atom is 0.260 e. The lowest BCUT2D eigenvalue weighted by Gasteiger charge is -2.24. The molecule has 0 bridgehead atoms. The molecule has 1 aliphatic heterocycles. The molecule has 3 N–H and O–H groups in total. The monoisotopic (exact) mass is 450 g/mol. The number of nitrogens with one attached hydrogen (secondary N) is 3. The van der Waals surface area contributed by atoms with Gasteiger partial charge in [0.15, 0.2) is 5.84 Å². The summed E-state index contributed by atoms with van der Waals surface area (Å²) in [6, 6.07) is 7.45. The Kier molecular flexibility index (Phi) is 7.43. The van der Waals surface area contributed by atoms with E-state index in [0.717, 1.165) is 17.1 Å². The van der Waals surface area contributed by atoms with Crippen LogP contribution in [0.5, 0.6) is 0 Å². The zero-order chi connectivity index (χ0) is 24.3. The number of rotatable bonds is 8. The van der Waals surface area contributed by atoms with Crippen LogP contribution in [0.2, 0.25) is 0 Å². The fourth-order valence-corrected chi connectivity index (χ4v) is 3.81. The molecule has 0 aromatic carbocycles. The van der Waals surface area contributed by atoms with Gasteiger partial charge in [-0.3, -0.25) is 20.5 Å². The Hall–Kier alpha value is -3.33. The van der Waals surface area contributed by atoms with Crippen molar-refractivity contribution in [2.45, 2.75) is 53.2 Å². The average molecular weight is 451 g/mol. The third-order valence-electron chi connectivity index (χ3n) is 5.97. The van der Waals surface area contributed by atoms with Crippen molar-refractivity contribution in [1.82, 2.24) is 20.2 Å². The van der Waals surface area contributed by atoms with Gasteiger partial charge in [0.2, 0.25) is 0 Å². The molecule has 0 saturated carbocycles. The van der Waals surface area contributed by atoms with Crippen molar-refractivity contribution in [3.63, 3.8) is 0 Å². The number of pyridine rings is 2. The van der Waals surface area contributed by atoms with Crippen LogP contribution in [-0.4, -0.2) is 59.1 Å². The first kappa shape index (κ1) is 24.3. The Balaban J connectivity index is 1.97. The second-order valence-electron chi connectivity index (χ2n) is 8.35. The molecule has 0 atom stereocenters. The van der Waals surface area contributed by atoms with Crippen molar-refractivity contribution in [3.8, 4) is 0 Å². The molecule has 3 heterocycles. The van der Waals surface area contributed by atoms with Crippen LogP contribution in [0.4, 0.5) is 11.6 Å². The number of fused-ring (bicyclic) bond motifs is 1. The molecule has 0 saturated heterocycles. The van der Waals surface area contributed by atoms with Crippen molar-refractivity contribution < 1.29 is 4.79 Å². The Bertz CT molecular complexity index is 1060. The smallest absolute Gasteiger partial charge is 0.260 e. The second kappa shape index (κ2) is 10.1. The molecule has 0 spiro atoms. The molecule has 9 nitrogen and oxygen atoms in total. The Morgan fingerprint density at radius 1 is 1.24 bits per heavy atom. The van der Waals surface area contributed by atoms with Crippen molar-refractivity contribution in [1.29, 1.82) is 10.8 Å². The summed E-state index contributed by atoms with van der Waals surface area (Å²) >= 11 is 0. The van der Waals surface area contributed by atoms with E-state index in [4.69, 9.17) is 15.8 Å². The minimum atomic E-state index is -0.118. The van der Waals surface area contributed by atoms with Gasteiger partial charge in [0.25, 0.3) is 5.91 Å². The minimum Gasteiger partial charge on any atom is -0.357 e. The first-order valence-electron chi connectivity index (χ1n) is 11.4. The summed E-state index contributed by atoms with van der Waals surface area (Å²) in [5.74, 6) is 1.67. The van der Waals surface area contributed by atoms with Crippen LogP contribution in [0, 0.1) is 10.8 Å². The van der Waals surface area contributed by atoms with E-state index in [9.17, 15) is 4.79 Å². The number of amides is 1. The predicted molar refractivity (Wildman–Crippen MR) is 133 cm³/mol. The van der Waals surface area contributed by atoms with E-state index in [1.54, 1.807) is 28.0 Å². The van der Waals surface area contributed by atoms with Crippen molar-refractivity contribution in [3.05, 3.63) is 46.8 Å². The van der Waals surface area contributed by atoms with Crippen LogP contribution in [0.3, 0.4) is 0 Å². The lowest BCUT2D eigenvalue weighted by Crippen LogP contribution is -2.36. The Morgan fingerprint density at radius 3 is 2.58 bits per heavy atom. The summed E-state index contributed by atoms with van der Waals surface area (Å²) in [6.45, 7) is 9.43. The lowest BCUT2D eigenvalue weighted by molar-refractivity contribution is 0.0996. The number of hydrogen-bond acceptors (Lipinski definition) is 7. The third kappa shape index (κ3) is 4.73. The van der Waals surface area contributed by atoms with Gasteiger partial charge in [-0.2, -0.15) is 0 Å². The molecule has 0 aliphatic carbocycles. The normalized spacial score (nSPS) is 12.8. The zero-order valence-corrected chi connectivity index (χ0v) is 20.4. The van der Waals surface area contributed by atoms with Gasteiger partial charge in [0.1, 0.15) is 23.2 Å². The summed E-state index contributed by atoms with van der Waals surface area (Å²) in [7, 11) is 3.84. The van der Waals surface area contributed by atoms with Crippen LogP contribution in [0.25, 0.3) is 0 Å². The van der Waals surface area contributed by atoms with Crippen LogP contribution < -0.4 is 15.1 Å². The van der Waals surface area contributed by atoms with Crippen molar-refractivity contribution in [2.24, 2.45) is 0 Å². The molecule has 0 fully saturated rings. The van der Waals surface area contributed by atoms with Gasteiger partial charge in [0.05, 0.1) is 17.8 Å². The van der Waals surface area contributed by atoms with E-state index in [1.807, 2.05) is 34.0 Å². The summed E-state index contributed by atoms with van der Waals surface area (Å²) in [6.07, 6.45) is 0.532. The van der Waals surface area contributed by atoms with Gasteiger partial charge in [-0.25, -0.2) is 9.97 Å². The molecule has 9 heteroatoms. The summed E-state index contributed by atoms with van der Waals surface area (Å²) < 4.78 is 0. The van der Waals surface area contributed by atoms with E-state index in [2.05, 4.69) is 29.0 Å². The highest BCUT2D eigenvalue weighted by molar-refractivity contribution is 6.11. The highest BCUT2D eigenvalue weighted by Gasteiger charge is 2.33. The second-order valence-corrected chi connectivity index (χ2v) is 8.35. The third-order valence-corrected chi connectivity index (χ3v) is 5.97. The van der Waals surface area contributed by atoms with Crippen LogP contribution in [0.15, 0.2) is 24.3 Å². The maximum absolute atomic E-state index is 13.4. The van der Waals surface area contributed by atoms with Gasteiger partial charge >= 0.3 is 0 Å². The van der Waals surface area contributed by atoms with Crippen molar-refractivity contribution in [2.75, 3.05) is 30.4 Å². The predicted octanol–water partition coefficient (Wildman–Crippen LogP) is 3.24. The molecule has 1 amide bonds. The summed E-state index contributed by atoms with van der Waals surface area (Å²) in [5.41, 5.74) is 2.83. The van der Waals surface area contributed by atoms with E-state index in [0.29, 0.717) is 49.0 Å². The molecule has 33 heavy (non-hydrogen) atoms. The lowest BCUT2D eigenvalue weighted by atomic mass is 10.1. The standard InChI is InChI=1S/C24H34N8O/c1-7-20(25)31(8-2)23(26)18-10-9-11-21(28-18)32-14-17-16(24(32)33)12-22(30(6)15(3)4)29-19(17)13-27-5/h9-12,15,25-27H,7-8,13-14H2,1-6H3. The number of amidine groups is 2. The number of carbonyl (C=O) groups is 1. The van der Waals surface area contributed by atoms with Crippen LogP contribution in [0.1, 0.15) is 61.4 Å². The molecular weight excluding hydrogens is 416 g/mol. The quantitative estimate of drug-likeness (QED) is 0.420. The summed E-state index contributed by atoms with van der Waals surface area (Å²) in [5, 5.41) is 19.9. The highest BCUT2D eigenvalue weighted by Crippen LogP contribution is 2.32. The molecule has 2 aromatic heterocycles. The minimum absolute atomic E-state index is 0.118. The van der Waals surface area contributed by atoms with Gasteiger partial charge in [-0.15, -0.1) is 0 Å². The van der Waals surface area contributed by atoms with Gasteiger partial charge in [-0.05, 0) is 46.0 Å². The maximum atomic E-state index is 13.4. The SMILES string of the molecule is CCC(=N)N(CC)C(=N)c1cccc(N2Cc3c(cc(N(C)C(C)C)nc3CNC)C2=O)n1. The Morgan fingerprint density at radius 2 is 1.97 bits per heavy atom. The van der Waals surface area contributed by atoms with Crippen LogP contribution in [-0.2, 0) is 13.1 Å².